The van der Waals surface area contributed by atoms with Crippen molar-refractivity contribution < 1.29 is 4.79 Å². The van der Waals surface area contributed by atoms with Gasteiger partial charge in [-0.1, -0.05) is 13.0 Å². The summed E-state index contributed by atoms with van der Waals surface area (Å²) < 4.78 is 0. The molecule has 0 aromatic carbocycles. The molecule has 5 nitrogen and oxygen atoms in total. The van der Waals surface area contributed by atoms with Crippen LogP contribution in [0.15, 0.2) is 42.7 Å². The van der Waals surface area contributed by atoms with Crippen molar-refractivity contribution in [1.29, 1.82) is 0 Å². The average molecular weight is 284 g/mol. The van der Waals surface area contributed by atoms with Gasteiger partial charge in [0.05, 0.1) is 0 Å². The molecular weight excluding hydrogens is 264 g/mol. The fourth-order valence-corrected chi connectivity index (χ4v) is 2.01. The van der Waals surface area contributed by atoms with E-state index in [1.807, 2.05) is 31.2 Å². The molecule has 2 aromatic rings. The number of hydrogen-bond donors (Lipinski definition) is 1. The maximum Gasteiger partial charge on any atom is 0.276 e. The van der Waals surface area contributed by atoms with Crippen molar-refractivity contribution in [3.05, 3.63) is 48.4 Å². The molecule has 0 aliphatic heterocycles. The largest absolute Gasteiger partial charge is 0.370 e. The van der Waals surface area contributed by atoms with Gasteiger partial charge in [-0.15, -0.1) is 0 Å². The molecule has 1 N–H and O–H groups in total. The van der Waals surface area contributed by atoms with Gasteiger partial charge in [0.1, 0.15) is 11.5 Å². The summed E-state index contributed by atoms with van der Waals surface area (Å²) in [5.41, 5.74) is 1.26. The molecule has 0 aliphatic carbocycles. The highest BCUT2D eigenvalue weighted by Gasteiger charge is 2.17. The molecule has 0 bridgehead atoms. The van der Waals surface area contributed by atoms with Gasteiger partial charge in [-0.2, -0.15) is 0 Å². The fraction of sp³-hybridized carbons (Fsp3) is 0.312. The topological polar surface area (TPSA) is 58.1 Å². The quantitative estimate of drug-likeness (QED) is 0.886. The lowest BCUT2D eigenvalue weighted by Gasteiger charge is -2.20. The molecule has 2 aromatic heterocycles. The van der Waals surface area contributed by atoms with E-state index in [-0.39, 0.29) is 5.91 Å². The van der Waals surface area contributed by atoms with E-state index >= 15 is 0 Å². The third-order valence-corrected chi connectivity index (χ3v) is 3.06. The van der Waals surface area contributed by atoms with E-state index in [1.165, 1.54) is 0 Å². The van der Waals surface area contributed by atoms with Crippen LogP contribution in [0.5, 0.6) is 0 Å². The highest BCUT2D eigenvalue weighted by molar-refractivity contribution is 6.04. The maximum absolute atomic E-state index is 12.6. The van der Waals surface area contributed by atoms with Crippen LogP contribution in [0.1, 0.15) is 30.8 Å². The molecule has 5 heteroatoms. The van der Waals surface area contributed by atoms with Crippen molar-refractivity contribution in [2.24, 2.45) is 0 Å². The molecule has 21 heavy (non-hydrogen) atoms. The monoisotopic (exact) mass is 284 g/mol. The summed E-state index contributed by atoms with van der Waals surface area (Å²) in [5, 5.41) is 3.19. The first-order valence-corrected chi connectivity index (χ1v) is 7.19. The van der Waals surface area contributed by atoms with Crippen LogP contribution in [-0.2, 0) is 0 Å². The van der Waals surface area contributed by atoms with Gasteiger partial charge in [0.25, 0.3) is 5.91 Å². The van der Waals surface area contributed by atoms with Gasteiger partial charge in [0.15, 0.2) is 0 Å². The Bertz CT molecular complexity index is 586. The third kappa shape index (κ3) is 3.78. The zero-order valence-electron chi connectivity index (χ0n) is 12.4. The summed E-state index contributed by atoms with van der Waals surface area (Å²) in [6.45, 7) is 5.45. The van der Waals surface area contributed by atoms with Crippen molar-refractivity contribution in [3.8, 4) is 0 Å². The number of nitrogens with one attached hydrogen (secondary N) is 1. The first-order chi connectivity index (χ1) is 10.3. The van der Waals surface area contributed by atoms with Gasteiger partial charge in [0, 0.05) is 31.2 Å². The third-order valence-electron chi connectivity index (χ3n) is 3.06. The Balaban J connectivity index is 2.21. The molecule has 0 fully saturated rings. The summed E-state index contributed by atoms with van der Waals surface area (Å²) in [5.74, 6) is 0.623. The van der Waals surface area contributed by atoms with Crippen LogP contribution in [0, 0.1) is 0 Å². The van der Waals surface area contributed by atoms with Crippen molar-refractivity contribution in [3.63, 3.8) is 0 Å². The van der Waals surface area contributed by atoms with Crippen molar-refractivity contribution in [1.82, 2.24) is 9.97 Å². The number of aromatic nitrogens is 2. The number of rotatable bonds is 6. The van der Waals surface area contributed by atoms with E-state index in [4.69, 9.17) is 0 Å². The average Bonchev–Trinajstić information content (AvgIpc) is 2.55. The Morgan fingerprint density at radius 1 is 1.19 bits per heavy atom. The Kier molecular flexibility index (Phi) is 5.26. The number of nitrogens with zero attached hydrogens (tertiary/aromatic N) is 3. The zero-order chi connectivity index (χ0) is 15.1. The zero-order valence-corrected chi connectivity index (χ0v) is 12.4. The number of carbonyl (C=O) groups is 1. The number of pyridine rings is 2. The first kappa shape index (κ1) is 15.0. The van der Waals surface area contributed by atoms with E-state index < -0.39 is 0 Å². The van der Waals surface area contributed by atoms with Gasteiger partial charge >= 0.3 is 0 Å². The lowest BCUT2D eigenvalue weighted by molar-refractivity contribution is 0.0983. The molecule has 2 rings (SSSR count). The summed E-state index contributed by atoms with van der Waals surface area (Å²) in [6, 6.07) is 9.10. The summed E-state index contributed by atoms with van der Waals surface area (Å²) in [7, 11) is 0. The fourth-order valence-electron chi connectivity index (χ4n) is 2.01. The van der Waals surface area contributed by atoms with Gasteiger partial charge in [-0.05, 0) is 37.6 Å². The van der Waals surface area contributed by atoms with Crippen molar-refractivity contribution >= 4 is 17.4 Å². The Morgan fingerprint density at radius 3 is 2.62 bits per heavy atom. The van der Waals surface area contributed by atoms with Gasteiger partial charge < -0.3 is 10.2 Å². The molecule has 110 valence electrons. The maximum atomic E-state index is 12.6. The molecule has 0 spiro atoms. The van der Waals surface area contributed by atoms with Gasteiger partial charge in [0.2, 0.25) is 0 Å². The van der Waals surface area contributed by atoms with E-state index in [0.717, 1.165) is 24.5 Å². The molecule has 0 radical (unpaired) electrons. The summed E-state index contributed by atoms with van der Waals surface area (Å²) in [6.07, 6.45) is 4.37. The summed E-state index contributed by atoms with van der Waals surface area (Å²) in [4.78, 5) is 22.7. The van der Waals surface area contributed by atoms with Crippen molar-refractivity contribution in [2.45, 2.75) is 20.3 Å². The smallest absolute Gasteiger partial charge is 0.276 e. The Morgan fingerprint density at radius 2 is 1.95 bits per heavy atom. The predicted molar refractivity (Wildman–Crippen MR) is 84.6 cm³/mol. The molecular formula is C16H20N4O. The van der Waals surface area contributed by atoms with Crippen LogP contribution < -0.4 is 10.2 Å². The van der Waals surface area contributed by atoms with Crippen LogP contribution >= 0.6 is 0 Å². The van der Waals surface area contributed by atoms with E-state index in [0.29, 0.717) is 12.2 Å². The number of carbonyl (C=O) groups excluding carboxylic acids is 1. The lowest BCUT2D eigenvalue weighted by atomic mass is 10.2. The van der Waals surface area contributed by atoms with Crippen molar-refractivity contribution in [2.75, 3.05) is 23.3 Å². The van der Waals surface area contributed by atoms with E-state index in [9.17, 15) is 4.79 Å². The predicted octanol–water partition coefficient (Wildman–Crippen LogP) is 2.97. The normalized spacial score (nSPS) is 10.2. The SMILES string of the molecule is CCCNc1cccc(C(=O)N(CC)c2ccncc2)n1. The molecule has 0 saturated carbocycles. The number of hydrogen-bond acceptors (Lipinski definition) is 4. The summed E-state index contributed by atoms with van der Waals surface area (Å²) >= 11 is 0. The molecule has 0 saturated heterocycles. The minimum atomic E-state index is -0.108. The van der Waals surface area contributed by atoms with Crippen LogP contribution in [0.3, 0.4) is 0 Å². The van der Waals surface area contributed by atoms with Crippen LogP contribution in [0.25, 0.3) is 0 Å². The lowest BCUT2D eigenvalue weighted by Crippen LogP contribution is -2.31. The van der Waals surface area contributed by atoms with Gasteiger partial charge in [-0.25, -0.2) is 4.98 Å². The van der Waals surface area contributed by atoms with Crippen LogP contribution in [0.2, 0.25) is 0 Å². The highest BCUT2D eigenvalue weighted by Crippen LogP contribution is 2.16. The molecule has 0 unspecified atom stereocenters. The van der Waals surface area contributed by atoms with E-state index in [1.54, 1.807) is 23.4 Å². The number of anilines is 2. The molecule has 0 atom stereocenters. The van der Waals surface area contributed by atoms with Gasteiger partial charge in [-0.3, -0.25) is 9.78 Å². The second-order valence-electron chi connectivity index (χ2n) is 4.59. The Labute approximate surface area is 125 Å². The second-order valence-corrected chi connectivity index (χ2v) is 4.59. The van der Waals surface area contributed by atoms with Crippen LogP contribution in [0.4, 0.5) is 11.5 Å². The second kappa shape index (κ2) is 7.38. The first-order valence-electron chi connectivity index (χ1n) is 7.19. The molecule has 0 aliphatic rings. The highest BCUT2D eigenvalue weighted by atomic mass is 16.2. The molecule has 1 amide bonds. The standard InChI is InChI=1S/C16H20N4O/c1-3-10-18-15-7-5-6-14(19-15)16(21)20(4-2)13-8-11-17-12-9-13/h5-9,11-12H,3-4,10H2,1-2H3,(H,18,19). The minimum Gasteiger partial charge on any atom is -0.370 e. The minimum absolute atomic E-state index is 0.108. The Hall–Kier alpha value is -2.43. The van der Waals surface area contributed by atoms with E-state index in [2.05, 4.69) is 22.2 Å². The van der Waals surface area contributed by atoms with Crippen LogP contribution in [-0.4, -0.2) is 29.0 Å². The molecule has 2 heterocycles. The number of amides is 1.